The molecule has 2 bridgehead atoms. The molecule has 8 nitrogen and oxygen atoms in total. The van der Waals surface area contributed by atoms with E-state index in [4.69, 9.17) is 20.8 Å². The fourth-order valence-corrected chi connectivity index (χ4v) is 16.2. The van der Waals surface area contributed by atoms with Gasteiger partial charge in [0.25, 0.3) is 14.2 Å². The topological polar surface area (TPSA) is 105 Å². The first-order valence-electron chi connectivity index (χ1n) is 21.2. The number of anilines is 1. The number of fused-ring (bicyclic) bond motifs is 4. The molecule has 2 aliphatic carbocycles. The van der Waals surface area contributed by atoms with E-state index >= 15 is 0 Å². The van der Waals surface area contributed by atoms with Crippen molar-refractivity contribution in [1.29, 1.82) is 0 Å². The molecule has 1 fully saturated rings. The van der Waals surface area contributed by atoms with Gasteiger partial charge in [0.05, 0.1) is 23.6 Å². The highest BCUT2D eigenvalue weighted by Gasteiger charge is 2.51. The summed E-state index contributed by atoms with van der Waals surface area (Å²) < 4.78 is 44.4. The van der Waals surface area contributed by atoms with Crippen LogP contribution in [0.5, 0.6) is 5.75 Å². The first-order valence-corrected chi connectivity index (χ1v) is 25.0. The number of aryl methyl sites for hydroxylation is 1. The van der Waals surface area contributed by atoms with Crippen LogP contribution in [-0.2, 0) is 26.3 Å². The molecule has 2 N–H and O–H groups in total. The molecule has 11 heteroatoms. The van der Waals surface area contributed by atoms with Gasteiger partial charge in [0.2, 0.25) is 10.0 Å². The molecule has 1 spiro atoms. The van der Waals surface area contributed by atoms with E-state index in [-0.39, 0.29) is 46.8 Å². The summed E-state index contributed by atoms with van der Waals surface area (Å²) in [7, 11) is -7.08. The van der Waals surface area contributed by atoms with Gasteiger partial charge in [-0.05, 0) is 114 Å². The smallest absolute Gasteiger partial charge is 0.264 e. The number of benzene rings is 4. The van der Waals surface area contributed by atoms with E-state index in [0.29, 0.717) is 25.4 Å². The summed E-state index contributed by atoms with van der Waals surface area (Å²) in [6.45, 7) is 10.3. The standard InChI is InChI=1S/C48H57ClN2O6SSi/c1-33-26-34(30-57-59(47(2,3)4,39-13-7-5-8-14-39)40-15-9-6-10-16-40)17-23-44(52)41-21-18-37(41)29-51-31-48(25-11-12-35-27-38(49)20-22-42(35)48)32-56-45-24-19-36(28-43(45)51)46(53)50-58(33,54)55/h5-10,13-17,19-20,22-24,27-28,33-34,37,41,44,52H,11-12,18,21,25-26,29-32H2,1-4H3,(H,50,53)/b23-17+/t33-,34-,37-,41+,44-,48-/m0/s1. The summed E-state index contributed by atoms with van der Waals surface area (Å²) in [5.41, 5.74) is 3.19. The fraction of sp³-hybridized carbons (Fsp3) is 0.438. The van der Waals surface area contributed by atoms with Gasteiger partial charge in [-0.15, -0.1) is 0 Å². The second-order valence-electron chi connectivity index (χ2n) is 18.4. The Morgan fingerprint density at radius 1 is 0.966 bits per heavy atom. The molecule has 8 rings (SSSR count). The maximum atomic E-state index is 14.0. The summed E-state index contributed by atoms with van der Waals surface area (Å²) in [5.74, 6) is -0.158. The van der Waals surface area contributed by atoms with E-state index in [1.807, 2.05) is 54.6 Å². The van der Waals surface area contributed by atoms with E-state index in [9.17, 15) is 18.3 Å². The molecule has 2 aliphatic heterocycles. The molecular formula is C48H57ClN2O6SSi. The average molecular weight is 854 g/mol. The number of rotatable bonds is 5. The Morgan fingerprint density at radius 2 is 1.68 bits per heavy atom. The van der Waals surface area contributed by atoms with Crippen LogP contribution in [0, 0.1) is 17.8 Å². The quantitative estimate of drug-likeness (QED) is 0.156. The van der Waals surface area contributed by atoms with Crippen molar-refractivity contribution in [2.75, 3.05) is 31.2 Å². The number of carbonyl (C=O) groups is 1. The van der Waals surface area contributed by atoms with E-state index in [1.54, 1.807) is 25.1 Å². The van der Waals surface area contributed by atoms with Crippen molar-refractivity contribution in [2.45, 2.75) is 88.0 Å². The number of aliphatic hydroxyl groups is 1. The molecule has 4 aliphatic rings. The highest BCUT2D eigenvalue weighted by atomic mass is 35.5. The summed E-state index contributed by atoms with van der Waals surface area (Å²) in [6.07, 6.45) is 8.07. The van der Waals surface area contributed by atoms with Gasteiger partial charge < -0.3 is 19.2 Å². The molecule has 0 aromatic heterocycles. The second-order valence-corrected chi connectivity index (χ2v) is 25.3. The number of amides is 1. The van der Waals surface area contributed by atoms with Gasteiger partial charge in [-0.1, -0.05) is 111 Å². The van der Waals surface area contributed by atoms with Crippen molar-refractivity contribution in [3.8, 4) is 5.75 Å². The van der Waals surface area contributed by atoms with Crippen molar-refractivity contribution in [2.24, 2.45) is 17.8 Å². The Labute approximate surface area is 356 Å². The van der Waals surface area contributed by atoms with Crippen LogP contribution in [-0.4, -0.2) is 65.4 Å². The monoisotopic (exact) mass is 852 g/mol. The Morgan fingerprint density at radius 3 is 2.34 bits per heavy atom. The number of aliphatic hydroxyl groups excluding tert-OH is 1. The summed E-state index contributed by atoms with van der Waals surface area (Å²) in [6, 6.07) is 32.2. The molecule has 4 aromatic rings. The van der Waals surface area contributed by atoms with Crippen molar-refractivity contribution in [1.82, 2.24) is 4.72 Å². The fourth-order valence-electron chi connectivity index (χ4n) is 10.3. The normalized spacial score (nSPS) is 27.6. The molecule has 0 radical (unpaired) electrons. The van der Waals surface area contributed by atoms with Crippen LogP contribution in [0.4, 0.5) is 5.69 Å². The Kier molecular flexibility index (Phi) is 11.7. The molecule has 0 saturated heterocycles. The van der Waals surface area contributed by atoms with Gasteiger partial charge in [0, 0.05) is 41.6 Å². The SMILES string of the molecule is C[C@H]1C[C@@H](CO[Si](c2ccccc2)(c2ccccc2)C(C)(C)C)/C=C/[C@H](O)[C@@H]2CC[C@H]2CN2C[C@@]3(CCCc4cc(Cl)ccc43)COc3ccc(cc32)C(=O)NS1(=O)=O. The Bertz CT molecular complexity index is 2260. The summed E-state index contributed by atoms with van der Waals surface area (Å²) in [5, 5.41) is 13.7. The minimum absolute atomic E-state index is 0.0195. The van der Waals surface area contributed by atoms with Gasteiger partial charge in [-0.2, -0.15) is 0 Å². The predicted octanol–water partition coefficient (Wildman–Crippen LogP) is 7.80. The minimum Gasteiger partial charge on any atom is -0.490 e. The lowest BCUT2D eigenvalue weighted by atomic mass is 9.68. The van der Waals surface area contributed by atoms with Crippen molar-refractivity contribution in [3.05, 3.63) is 131 Å². The van der Waals surface area contributed by atoms with Crippen LogP contribution in [0.2, 0.25) is 10.1 Å². The van der Waals surface area contributed by atoms with Gasteiger partial charge in [0.1, 0.15) is 5.75 Å². The zero-order valence-electron chi connectivity index (χ0n) is 34.6. The molecule has 1 saturated carbocycles. The predicted molar refractivity (Wildman–Crippen MR) is 239 cm³/mol. The lowest BCUT2D eigenvalue weighted by Gasteiger charge is -2.45. The third-order valence-corrected chi connectivity index (χ3v) is 20.5. The third kappa shape index (κ3) is 8.15. The van der Waals surface area contributed by atoms with Crippen LogP contribution in [0.15, 0.2) is 109 Å². The maximum Gasteiger partial charge on any atom is 0.264 e. The van der Waals surface area contributed by atoms with Gasteiger partial charge >= 0.3 is 0 Å². The first-order chi connectivity index (χ1) is 28.2. The van der Waals surface area contributed by atoms with Crippen LogP contribution < -0.4 is 24.7 Å². The van der Waals surface area contributed by atoms with E-state index < -0.39 is 35.6 Å². The molecular weight excluding hydrogens is 796 g/mol. The number of hydrogen-bond donors (Lipinski definition) is 2. The largest absolute Gasteiger partial charge is 0.490 e. The number of halogens is 1. The van der Waals surface area contributed by atoms with Gasteiger partial charge in [-0.25, -0.2) is 13.1 Å². The van der Waals surface area contributed by atoms with Crippen LogP contribution in [0.3, 0.4) is 0 Å². The zero-order valence-corrected chi connectivity index (χ0v) is 37.1. The van der Waals surface area contributed by atoms with Crippen molar-refractivity contribution in [3.63, 3.8) is 0 Å². The Hall–Kier alpha value is -3.93. The second kappa shape index (κ2) is 16.5. The summed E-state index contributed by atoms with van der Waals surface area (Å²) in [4.78, 5) is 16.3. The molecule has 312 valence electrons. The van der Waals surface area contributed by atoms with E-state index in [1.165, 1.54) is 11.1 Å². The Balaban J connectivity index is 1.15. The lowest BCUT2D eigenvalue weighted by molar-refractivity contribution is 0.0453. The van der Waals surface area contributed by atoms with Crippen LogP contribution in [0.1, 0.15) is 81.3 Å². The first kappa shape index (κ1) is 41.8. The molecule has 0 unspecified atom stereocenters. The zero-order chi connectivity index (χ0) is 41.6. The number of nitrogens with one attached hydrogen (secondary N) is 1. The van der Waals surface area contributed by atoms with Crippen LogP contribution >= 0.6 is 11.6 Å². The lowest BCUT2D eigenvalue weighted by Crippen LogP contribution is -2.66. The number of nitrogens with zero attached hydrogens (tertiary/aromatic N) is 1. The molecule has 6 atom stereocenters. The molecule has 1 amide bonds. The molecule has 2 heterocycles. The summed E-state index contributed by atoms with van der Waals surface area (Å²) >= 11 is 6.48. The number of hydrogen-bond acceptors (Lipinski definition) is 7. The average Bonchev–Trinajstić information content (AvgIpc) is 3.35. The van der Waals surface area contributed by atoms with Crippen molar-refractivity contribution < 1.29 is 27.5 Å². The van der Waals surface area contributed by atoms with E-state index in [0.717, 1.165) is 53.2 Å². The van der Waals surface area contributed by atoms with Crippen LogP contribution in [0.25, 0.3) is 0 Å². The highest BCUT2D eigenvalue weighted by Crippen LogP contribution is 2.47. The van der Waals surface area contributed by atoms with E-state index in [2.05, 4.69) is 66.8 Å². The number of carbonyl (C=O) groups excluding carboxylic acids is 1. The minimum atomic E-state index is -4.12. The molecule has 4 aromatic carbocycles. The van der Waals surface area contributed by atoms with Gasteiger partial charge in [-0.3, -0.25) is 4.79 Å². The molecule has 59 heavy (non-hydrogen) atoms. The number of ether oxygens (including phenoxy) is 1. The maximum absolute atomic E-state index is 14.0. The van der Waals surface area contributed by atoms with Gasteiger partial charge in [0.15, 0.2) is 0 Å². The highest BCUT2D eigenvalue weighted by molar-refractivity contribution is 7.90. The van der Waals surface area contributed by atoms with Crippen molar-refractivity contribution >= 4 is 51.9 Å². The third-order valence-electron chi connectivity index (χ3n) is 13.6. The number of sulfonamides is 1.